The van der Waals surface area contributed by atoms with Gasteiger partial charge in [-0.3, -0.25) is 19.8 Å². The molecule has 1 fully saturated rings. The highest BCUT2D eigenvalue weighted by atomic mass is 79.9. The summed E-state index contributed by atoms with van der Waals surface area (Å²) in [5.41, 5.74) is 1.21. The molecule has 1 aliphatic rings. The molecule has 0 atom stereocenters. The third-order valence-electron chi connectivity index (χ3n) is 4.52. The smallest absolute Gasteiger partial charge is 0.335 e. The summed E-state index contributed by atoms with van der Waals surface area (Å²) >= 11 is 8.52. The number of benzene rings is 2. The molecule has 0 bridgehead atoms. The van der Waals surface area contributed by atoms with Gasteiger partial charge in [-0.2, -0.15) is 0 Å². The molecule has 0 radical (unpaired) electrons. The number of amides is 2. The van der Waals surface area contributed by atoms with Gasteiger partial charge in [-0.25, -0.2) is 4.79 Å². The minimum Gasteiger partial charge on any atom is -0.478 e. The highest BCUT2D eigenvalue weighted by Crippen LogP contribution is 2.27. The number of halogens is 1. The molecule has 0 spiro atoms. The molecule has 2 aromatic carbocycles. The number of rotatable bonds is 4. The standard InChI is InChI=1S/C22H13BrN2O5S/c23-14-5-7-15(8-6-14)25-20(27)17(19(26)24-22(25)31)11-16-9-10-18(30-16)12-1-3-13(4-2-12)21(28)29/h1-11H,(H,28,29)(H,24,26,31)/b17-11-. The van der Waals surface area contributed by atoms with E-state index >= 15 is 0 Å². The van der Waals surface area contributed by atoms with Crippen molar-refractivity contribution < 1.29 is 23.9 Å². The zero-order chi connectivity index (χ0) is 22.1. The predicted molar refractivity (Wildman–Crippen MR) is 121 cm³/mol. The van der Waals surface area contributed by atoms with Gasteiger partial charge in [-0.15, -0.1) is 0 Å². The van der Waals surface area contributed by atoms with E-state index in [0.29, 0.717) is 22.8 Å². The van der Waals surface area contributed by atoms with Crippen molar-refractivity contribution in [2.75, 3.05) is 4.90 Å². The number of aromatic carboxylic acids is 1. The fraction of sp³-hybridized carbons (Fsp3) is 0. The number of carboxylic acid groups (broad SMARTS) is 1. The Morgan fingerprint density at radius 2 is 1.71 bits per heavy atom. The van der Waals surface area contributed by atoms with Crippen LogP contribution in [-0.2, 0) is 9.59 Å². The Labute approximate surface area is 190 Å². The predicted octanol–water partition coefficient (Wildman–Crippen LogP) is 4.24. The molecular formula is C22H13BrN2O5S. The van der Waals surface area contributed by atoms with E-state index in [2.05, 4.69) is 21.2 Å². The molecule has 7 nitrogen and oxygen atoms in total. The number of carbonyl (C=O) groups excluding carboxylic acids is 2. The summed E-state index contributed by atoms with van der Waals surface area (Å²) in [6, 6.07) is 16.4. The summed E-state index contributed by atoms with van der Waals surface area (Å²) in [6.07, 6.45) is 1.35. The van der Waals surface area contributed by atoms with E-state index < -0.39 is 17.8 Å². The quantitative estimate of drug-likeness (QED) is 0.318. The Kier molecular flexibility index (Phi) is 5.53. The largest absolute Gasteiger partial charge is 0.478 e. The van der Waals surface area contributed by atoms with Gasteiger partial charge in [0.2, 0.25) is 0 Å². The molecule has 2 amide bonds. The van der Waals surface area contributed by atoms with Crippen molar-refractivity contribution in [3.8, 4) is 11.3 Å². The van der Waals surface area contributed by atoms with E-state index in [9.17, 15) is 14.4 Å². The molecule has 0 aliphatic carbocycles. The summed E-state index contributed by atoms with van der Waals surface area (Å²) < 4.78 is 6.58. The molecular weight excluding hydrogens is 484 g/mol. The van der Waals surface area contributed by atoms with Crippen LogP contribution in [0.2, 0.25) is 0 Å². The van der Waals surface area contributed by atoms with Crippen LogP contribution in [0.15, 0.2) is 75.1 Å². The normalized spacial score (nSPS) is 15.3. The monoisotopic (exact) mass is 496 g/mol. The first-order valence-corrected chi connectivity index (χ1v) is 10.1. The number of carbonyl (C=O) groups is 3. The maximum Gasteiger partial charge on any atom is 0.335 e. The van der Waals surface area contributed by atoms with Crippen molar-refractivity contribution in [2.24, 2.45) is 0 Å². The lowest BCUT2D eigenvalue weighted by atomic mass is 10.1. The number of furan rings is 1. The van der Waals surface area contributed by atoms with Gasteiger partial charge in [0, 0.05) is 10.0 Å². The van der Waals surface area contributed by atoms with Crippen LogP contribution in [0.1, 0.15) is 16.1 Å². The van der Waals surface area contributed by atoms with Crippen LogP contribution in [-0.4, -0.2) is 28.0 Å². The first kappa shape index (κ1) is 20.7. The molecule has 2 N–H and O–H groups in total. The van der Waals surface area contributed by atoms with Gasteiger partial charge in [0.15, 0.2) is 5.11 Å². The first-order chi connectivity index (χ1) is 14.8. The minimum absolute atomic E-state index is 0.00636. The van der Waals surface area contributed by atoms with Crippen LogP contribution in [0, 0.1) is 0 Å². The van der Waals surface area contributed by atoms with Crippen LogP contribution in [0.3, 0.4) is 0 Å². The number of thiocarbonyl (C=S) groups is 1. The molecule has 1 aliphatic heterocycles. The lowest BCUT2D eigenvalue weighted by Crippen LogP contribution is -2.54. The Bertz CT molecular complexity index is 1250. The van der Waals surface area contributed by atoms with Crippen LogP contribution < -0.4 is 10.2 Å². The van der Waals surface area contributed by atoms with Gasteiger partial charge in [-0.05, 0) is 66.8 Å². The van der Waals surface area contributed by atoms with Crippen LogP contribution >= 0.6 is 28.1 Å². The minimum atomic E-state index is -1.02. The third kappa shape index (κ3) is 4.18. The maximum atomic E-state index is 13.0. The Morgan fingerprint density at radius 1 is 1.03 bits per heavy atom. The second-order valence-electron chi connectivity index (χ2n) is 6.52. The highest BCUT2D eigenvalue weighted by molar-refractivity contribution is 9.10. The molecule has 9 heteroatoms. The van der Waals surface area contributed by atoms with Gasteiger partial charge in [0.05, 0.1) is 11.3 Å². The third-order valence-corrected chi connectivity index (χ3v) is 5.33. The van der Waals surface area contributed by atoms with Gasteiger partial charge < -0.3 is 9.52 Å². The maximum absolute atomic E-state index is 13.0. The Balaban J connectivity index is 1.63. The summed E-state index contributed by atoms with van der Waals surface area (Å²) in [7, 11) is 0. The number of hydrogen-bond acceptors (Lipinski definition) is 5. The van der Waals surface area contributed by atoms with Crippen molar-refractivity contribution in [3.63, 3.8) is 0 Å². The van der Waals surface area contributed by atoms with Crippen LogP contribution in [0.4, 0.5) is 5.69 Å². The van der Waals surface area contributed by atoms with E-state index in [0.717, 1.165) is 4.47 Å². The molecule has 0 saturated carbocycles. The van der Waals surface area contributed by atoms with E-state index in [1.807, 2.05) is 0 Å². The van der Waals surface area contributed by atoms with Crippen LogP contribution in [0.25, 0.3) is 17.4 Å². The van der Waals surface area contributed by atoms with Crippen molar-refractivity contribution in [1.29, 1.82) is 0 Å². The average Bonchev–Trinajstić information content (AvgIpc) is 3.21. The van der Waals surface area contributed by atoms with Crippen molar-refractivity contribution in [3.05, 3.63) is 82.0 Å². The van der Waals surface area contributed by atoms with Gasteiger partial charge >= 0.3 is 5.97 Å². The van der Waals surface area contributed by atoms with E-state index in [1.54, 1.807) is 48.5 Å². The summed E-state index contributed by atoms with van der Waals surface area (Å²) in [6.45, 7) is 0. The Hall–Kier alpha value is -3.56. The molecule has 2 heterocycles. The lowest BCUT2D eigenvalue weighted by molar-refractivity contribution is -0.122. The number of hydrogen-bond donors (Lipinski definition) is 2. The number of nitrogens with one attached hydrogen (secondary N) is 1. The second-order valence-corrected chi connectivity index (χ2v) is 7.82. The molecule has 3 aromatic rings. The molecule has 31 heavy (non-hydrogen) atoms. The molecule has 4 rings (SSSR count). The van der Waals surface area contributed by atoms with Crippen LogP contribution in [0.5, 0.6) is 0 Å². The Morgan fingerprint density at radius 3 is 2.35 bits per heavy atom. The van der Waals surface area contributed by atoms with Gasteiger partial charge in [-0.1, -0.05) is 28.1 Å². The molecule has 1 saturated heterocycles. The topological polar surface area (TPSA) is 99.9 Å². The zero-order valence-electron chi connectivity index (χ0n) is 15.7. The van der Waals surface area contributed by atoms with E-state index in [1.165, 1.54) is 23.1 Å². The SMILES string of the molecule is O=C1NC(=S)N(c2ccc(Br)cc2)C(=O)/C1=C\c1ccc(-c2ccc(C(=O)O)cc2)o1. The molecule has 1 aromatic heterocycles. The number of carboxylic acids is 1. The molecule has 0 unspecified atom stereocenters. The number of anilines is 1. The summed E-state index contributed by atoms with van der Waals surface area (Å²) in [5.74, 6) is -1.45. The number of nitrogens with zero attached hydrogens (tertiary/aromatic N) is 1. The van der Waals surface area contributed by atoms with Gasteiger partial charge in [0.1, 0.15) is 17.1 Å². The highest BCUT2D eigenvalue weighted by Gasteiger charge is 2.34. The van der Waals surface area contributed by atoms with Crippen molar-refractivity contribution >= 4 is 62.8 Å². The average molecular weight is 497 g/mol. The summed E-state index contributed by atoms with van der Waals surface area (Å²) in [4.78, 5) is 37.7. The lowest BCUT2D eigenvalue weighted by Gasteiger charge is -2.28. The first-order valence-electron chi connectivity index (χ1n) is 8.94. The zero-order valence-corrected chi connectivity index (χ0v) is 18.1. The fourth-order valence-electron chi connectivity index (χ4n) is 2.99. The second kappa shape index (κ2) is 8.29. The van der Waals surface area contributed by atoms with Crippen molar-refractivity contribution in [1.82, 2.24) is 5.32 Å². The molecule has 154 valence electrons. The summed E-state index contributed by atoms with van der Waals surface area (Å²) in [5, 5.41) is 11.5. The van der Waals surface area contributed by atoms with Gasteiger partial charge in [0.25, 0.3) is 11.8 Å². The fourth-order valence-corrected chi connectivity index (χ4v) is 3.53. The van der Waals surface area contributed by atoms with E-state index in [-0.39, 0.29) is 16.2 Å². The van der Waals surface area contributed by atoms with E-state index in [4.69, 9.17) is 21.7 Å². The van der Waals surface area contributed by atoms with Crippen molar-refractivity contribution in [2.45, 2.75) is 0 Å².